The molecule has 2 aromatic rings. The summed E-state index contributed by atoms with van der Waals surface area (Å²) in [7, 11) is 1.07. The average Bonchev–Trinajstić information content (AvgIpc) is 2.52. The largest absolute Gasteiger partial charge is 0.478 e. The molecule has 2 aromatic carbocycles. The summed E-state index contributed by atoms with van der Waals surface area (Å²) in [5, 5.41) is 8.97. The Morgan fingerprint density at radius 1 is 0.958 bits per heavy atom. The van der Waals surface area contributed by atoms with Crippen LogP contribution in [0, 0.1) is 5.82 Å². The number of carboxylic acid groups (broad SMARTS) is 1. The molecule has 0 radical (unpaired) electrons. The highest BCUT2D eigenvalue weighted by Gasteiger charge is 2.32. The lowest BCUT2D eigenvalue weighted by Gasteiger charge is -2.12. The summed E-state index contributed by atoms with van der Waals surface area (Å²) >= 11 is 0. The fourth-order valence-corrected chi connectivity index (χ4v) is 2.07. The van der Waals surface area contributed by atoms with Crippen molar-refractivity contribution in [2.75, 3.05) is 7.11 Å². The number of hydrogen-bond donors (Lipinski definition) is 1. The van der Waals surface area contributed by atoms with Crippen molar-refractivity contribution < 1.29 is 37.0 Å². The summed E-state index contributed by atoms with van der Waals surface area (Å²) in [5.74, 6) is -3.31. The average molecular weight is 342 g/mol. The number of rotatable bonds is 3. The predicted molar refractivity (Wildman–Crippen MR) is 75.1 cm³/mol. The first-order valence-corrected chi connectivity index (χ1v) is 6.46. The second-order valence-electron chi connectivity index (χ2n) is 4.82. The topological polar surface area (TPSA) is 63.6 Å². The molecule has 0 amide bonds. The number of ether oxygens (including phenoxy) is 1. The smallest absolute Gasteiger partial charge is 0.416 e. The van der Waals surface area contributed by atoms with Gasteiger partial charge in [0, 0.05) is 0 Å². The van der Waals surface area contributed by atoms with Gasteiger partial charge in [-0.3, -0.25) is 0 Å². The van der Waals surface area contributed by atoms with Crippen LogP contribution in [0.4, 0.5) is 17.6 Å². The molecule has 0 bridgehead atoms. The third-order valence-corrected chi connectivity index (χ3v) is 3.16. The van der Waals surface area contributed by atoms with Gasteiger partial charge >= 0.3 is 18.1 Å². The molecule has 0 fully saturated rings. The van der Waals surface area contributed by atoms with E-state index in [0.29, 0.717) is 12.1 Å². The van der Waals surface area contributed by atoms with E-state index in [-0.39, 0.29) is 16.7 Å². The van der Waals surface area contributed by atoms with Crippen LogP contribution in [0.15, 0.2) is 36.4 Å². The summed E-state index contributed by atoms with van der Waals surface area (Å²) in [6.45, 7) is 0. The Balaban J connectivity index is 2.67. The van der Waals surface area contributed by atoms with Crippen molar-refractivity contribution in [1.82, 2.24) is 0 Å². The molecule has 0 aromatic heterocycles. The Labute approximate surface area is 133 Å². The third-order valence-electron chi connectivity index (χ3n) is 3.16. The summed E-state index contributed by atoms with van der Waals surface area (Å²) < 4.78 is 56.9. The number of carbonyl (C=O) groups excluding carboxylic acids is 1. The number of methoxy groups -OCH3 is 1. The minimum atomic E-state index is -4.78. The summed E-state index contributed by atoms with van der Waals surface area (Å²) in [4.78, 5) is 22.5. The van der Waals surface area contributed by atoms with Gasteiger partial charge < -0.3 is 9.84 Å². The number of carboxylic acids is 1. The Morgan fingerprint density at radius 2 is 1.54 bits per heavy atom. The van der Waals surface area contributed by atoms with Crippen molar-refractivity contribution in [1.29, 1.82) is 0 Å². The SMILES string of the molecule is COC(=O)c1cc(F)cc(-c2cc(C(=O)O)cc(C(F)(F)F)c2)c1. The van der Waals surface area contributed by atoms with Gasteiger partial charge in [0.15, 0.2) is 0 Å². The molecule has 0 saturated heterocycles. The molecule has 2 rings (SSSR count). The molecule has 0 atom stereocenters. The van der Waals surface area contributed by atoms with Crippen LogP contribution in [-0.2, 0) is 10.9 Å². The maximum Gasteiger partial charge on any atom is 0.416 e. The fourth-order valence-electron chi connectivity index (χ4n) is 2.07. The van der Waals surface area contributed by atoms with Crippen molar-refractivity contribution in [2.24, 2.45) is 0 Å². The first-order valence-electron chi connectivity index (χ1n) is 6.46. The van der Waals surface area contributed by atoms with Gasteiger partial charge in [-0.05, 0) is 47.5 Å². The van der Waals surface area contributed by atoms with Crippen LogP contribution >= 0.6 is 0 Å². The summed E-state index contributed by atoms with van der Waals surface area (Å²) in [5.41, 5.74) is -2.28. The van der Waals surface area contributed by atoms with Crippen molar-refractivity contribution >= 4 is 11.9 Å². The lowest BCUT2D eigenvalue weighted by Crippen LogP contribution is -2.08. The Morgan fingerprint density at radius 3 is 2.08 bits per heavy atom. The normalized spacial score (nSPS) is 11.2. The van der Waals surface area contributed by atoms with E-state index in [9.17, 15) is 27.2 Å². The first-order chi connectivity index (χ1) is 11.1. The molecule has 0 spiro atoms. The van der Waals surface area contributed by atoms with E-state index in [0.717, 1.165) is 31.4 Å². The molecule has 0 heterocycles. The monoisotopic (exact) mass is 342 g/mol. The van der Waals surface area contributed by atoms with Gasteiger partial charge in [0.2, 0.25) is 0 Å². The van der Waals surface area contributed by atoms with E-state index in [2.05, 4.69) is 4.74 Å². The van der Waals surface area contributed by atoms with Crippen molar-refractivity contribution in [3.8, 4) is 11.1 Å². The standard InChI is InChI=1S/C16H10F4O4/c1-24-15(23)11-3-9(6-13(17)7-11)8-2-10(14(21)22)5-12(4-8)16(18,19)20/h2-7H,1H3,(H,21,22). The summed E-state index contributed by atoms with van der Waals surface area (Å²) in [6.07, 6.45) is -4.78. The number of esters is 1. The van der Waals surface area contributed by atoms with E-state index in [1.54, 1.807) is 0 Å². The van der Waals surface area contributed by atoms with Crippen LogP contribution in [0.5, 0.6) is 0 Å². The molecule has 0 aliphatic rings. The molecule has 1 N–H and O–H groups in total. The van der Waals surface area contributed by atoms with Crippen LogP contribution in [0.1, 0.15) is 26.3 Å². The molecule has 126 valence electrons. The lowest BCUT2D eigenvalue weighted by molar-refractivity contribution is -0.137. The van der Waals surface area contributed by atoms with Gasteiger partial charge in [-0.25, -0.2) is 14.0 Å². The predicted octanol–water partition coefficient (Wildman–Crippen LogP) is 4.00. The molecular weight excluding hydrogens is 332 g/mol. The van der Waals surface area contributed by atoms with E-state index in [1.807, 2.05) is 0 Å². The molecule has 0 aliphatic carbocycles. The van der Waals surface area contributed by atoms with Gasteiger partial charge in [0.25, 0.3) is 0 Å². The van der Waals surface area contributed by atoms with Gasteiger partial charge in [0.1, 0.15) is 5.82 Å². The van der Waals surface area contributed by atoms with Crippen molar-refractivity contribution in [2.45, 2.75) is 6.18 Å². The van der Waals surface area contributed by atoms with E-state index in [4.69, 9.17) is 5.11 Å². The fraction of sp³-hybridized carbons (Fsp3) is 0.125. The van der Waals surface area contributed by atoms with E-state index < -0.39 is 35.1 Å². The molecule has 8 heteroatoms. The number of hydrogen-bond acceptors (Lipinski definition) is 3. The second kappa shape index (κ2) is 6.31. The number of carbonyl (C=O) groups is 2. The van der Waals surface area contributed by atoms with Gasteiger partial charge in [-0.1, -0.05) is 0 Å². The van der Waals surface area contributed by atoms with E-state index in [1.165, 1.54) is 0 Å². The van der Waals surface area contributed by atoms with Gasteiger partial charge in [0.05, 0.1) is 23.8 Å². The quantitative estimate of drug-likeness (QED) is 0.676. The van der Waals surface area contributed by atoms with Crippen molar-refractivity contribution in [3.05, 3.63) is 58.9 Å². The zero-order valence-corrected chi connectivity index (χ0v) is 12.1. The molecule has 24 heavy (non-hydrogen) atoms. The number of benzene rings is 2. The van der Waals surface area contributed by atoms with Crippen LogP contribution in [0.2, 0.25) is 0 Å². The van der Waals surface area contributed by atoms with Crippen LogP contribution in [0.25, 0.3) is 11.1 Å². The number of alkyl halides is 3. The molecule has 0 unspecified atom stereocenters. The zero-order chi connectivity index (χ0) is 18.1. The summed E-state index contributed by atoms with van der Waals surface area (Å²) in [6, 6.07) is 5.01. The highest BCUT2D eigenvalue weighted by atomic mass is 19.4. The van der Waals surface area contributed by atoms with Gasteiger partial charge in [-0.2, -0.15) is 13.2 Å². The molecule has 0 aliphatic heterocycles. The number of aromatic carboxylic acids is 1. The van der Waals surface area contributed by atoms with Gasteiger partial charge in [-0.15, -0.1) is 0 Å². The minimum absolute atomic E-state index is 0.0796. The Kier molecular flexibility index (Phi) is 4.59. The Hall–Kier alpha value is -2.90. The highest BCUT2D eigenvalue weighted by molar-refractivity contribution is 5.92. The zero-order valence-electron chi connectivity index (χ0n) is 12.1. The van der Waals surface area contributed by atoms with Crippen LogP contribution in [0.3, 0.4) is 0 Å². The Bertz CT molecular complexity index is 812. The third kappa shape index (κ3) is 3.70. The maximum absolute atomic E-state index is 13.7. The molecular formula is C16H10F4O4. The van der Waals surface area contributed by atoms with Crippen LogP contribution in [-0.4, -0.2) is 24.2 Å². The lowest BCUT2D eigenvalue weighted by atomic mass is 9.98. The minimum Gasteiger partial charge on any atom is -0.478 e. The maximum atomic E-state index is 13.7. The van der Waals surface area contributed by atoms with E-state index >= 15 is 0 Å². The highest BCUT2D eigenvalue weighted by Crippen LogP contribution is 2.34. The van der Waals surface area contributed by atoms with Crippen LogP contribution < -0.4 is 0 Å². The van der Waals surface area contributed by atoms with Crippen molar-refractivity contribution in [3.63, 3.8) is 0 Å². The molecule has 0 saturated carbocycles. The molecule has 4 nitrogen and oxygen atoms in total. The second-order valence-corrected chi connectivity index (χ2v) is 4.82. The number of halogens is 4. The first kappa shape index (κ1) is 17.5.